The molecule has 1 aromatic carbocycles. The number of anilines is 1. The van der Waals surface area contributed by atoms with Crippen molar-refractivity contribution in [1.29, 1.82) is 5.26 Å². The van der Waals surface area contributed by atoms with Crippen LogP contribution in [0.3, 0.4) is 0 Å². The lowest BCUT2D eigenvalue weighted by atomic mass is 10.3. The fraction of sp³-hybridized carbons (Fsp3) is 0. The second kappa shape index (κ2) is 5.80. The van der Waals surface area contributed by atoms with Gasteiger partial charge in [-0.1, -0.05) is 6.58 Å². The predicted octanol–water partition coefficient (Wildman–Crippen LogP) is 0.612. The standard InChI is InChI=1S/C6H8N2O2S.C3H3N/c7-5-1-3-6(4-2-5)11(8,9)10;1-2-3-4/h1-4H,7H2,(H2,8,9,10);2H,1H2. The van der Waals surface area contributed by atoms with Crippen molar-refractivity contribution in [3.05, 3.63) is 36.9 Å². The number of allylic oxidation sites excluding steroid dienone is 1. The summed E-state index contributed by atoms with van der Waals surface area (Å²) in [5, 5.41) is 12.3. The maximum Gasteiger partial charge on any atom is 0.238 e. The van der Waals surface area contributed by atoms with Gasteiger partial charge in [0.1, 0.15) is 0 Å². The Hall–Kier alpha value is -1.84. The van der Waals surface area contributed by atoms with Crippen molar-refractivity contribution in [1.82, 2.24) is 0 Å². The number of benzene rings is 1. The number of primary sulfonamides is 1. The van der Waals surface area contributed by atoms with E-state index in [2.05, 4.69) is 6.58 Å². The highest BCUT2D eigenvalue weighted by atomic mass is 32.2. The summed E-state index contributed by atoms with van der Waals surface area (Å²) in [4.78, 5) is 0.0756. The van der Waals surface area contributed by atoms with Crippen molar-refractivity contribution >= 4 is 15.7 Å². The van der Waals surface area contributed by atoms with E-state index in [0.717, 1.165) is 0 Å². The molecule has 0 radical (unpaired) electrons. The van der Waals surface area contributed by atoms with Crippen LogP contribution in [0.25, 0.3) is 0 Å². The van der Waals surface area contributed by atoms with E-state index in [9.17, 15) is 8.42 Å². The highest BCUT2D eigenvalue weighted by molar-refractivity contribution is 7.89. The fourth-order valence-electron chi connectivity index (χ4n) is 0.658. The van der Waals surface area contributed by atoms with E-state index in [4.69, 9.17) is 16.1 Å². The summed E-state index contributed by atoms with van der Waals surface area (Å²) in [6, 6.07) is 7.40. The molecule has 0 spiro atoms. The molecule has 0 fully saturated rings. The number of nitrogens with two attached hydrogens (primary N) is 2. The first-order valence-electron chi connectivity index (χ1n) is 3.80. The number of hydrogen-bond donors (Lipinski definition) is 2. The van der Waals surface area contributed by atoms with Crippen LogP contribution in [-0.2, 0) is 10.0 Å². The van der Waals surface area contributed by atoms with Gasteiger partial charge in [0.25, 0.3) is 0 Å². The molecule has 0 aliphatic heterocycles. The van der Waals surface area contributed by atoms with Gasteiger partial charge in [-0.2, -0.15) is 5.26 Å². The van der Waals surface area contributed by atoms with Crippen LogP contribution in [0, 0.1) is 11.3 Å². The molecule has 80 valence electrons. The number of nitriles is 1. The van der Waals surface area contributed by atoms with E-state index >= 15 is 0 Å². The second-order valence-electron chi connectivity index (χ2n) is 2.45. The molecule has 15 heavy (non-hydrogen) atoms. The molecule has 0 aliphatic rings. The Bertz CT molecular complexity index is 457. The van der Waals surface area contributed by atoms with Crippen LogP contribution in [0.1, 0.15) is 0 Å². The van der Waals surface area contributed by atoms with Crippen molar-refractivity contribution in [2.24, 2.45) is 5.14 Å². The van der Waals surface area contributed by atoms with Crippen LogP contribution in [0.15, 0.2) is 41.8 Å². The monoisotopic (exact) mass is 225 g/mol. The third kappa shape index (κ3) is 5.46. The lowest BCUT2D eigenvalue weighted by molar-refractivity contribution is 0.598. The van der Waals surface area contributed by atoms with Crippen LogP contribution in [0.2, 0.25) is 0 Å². The normalized spacial score (nSPS) is 9.33. The molecule has 0 aliphatic carbocycles. The zero-order valence-electron chi connectivity index (χ0n) is 7.92. The minimum Gasteiger partial charge on any atom is -0.399 e. The molecule has 1 rings (SSSR count). The van der Waals surface area contributed by atoms with Gasteiger partial charge >= 0.3 is 0 Å². The smallest absolute Gasteiger partial charge is 0.238 e. The van der Waals surface area contributed by atoms with E-state index in [1.165, 1.54) is 30.3 Å². The minimum atomic E-state index is -3.58. The van der Waals surface area contributed by atoms with Gasteiger partial charge in [0.2, 0.25) is 10.0 Å². The Balaban J connectivity index is 0.000000423. The molecule has 0 aromatic heterocycles. The number of nitrogen functional groups attached to an aromatic ring is 1. The zero-order chi connectivity index (χ0) is 11.9. The molecular formula is C9H11N3O2S. The van der Waals surface area contributed by atoms with Crippen molar-refractivity contribution < 1.29 is 8.42 Å². The maximum atomic E-state index is 10.7. The van der Waals surface area contributed by atoms with E-state index < -0.39 is 10.0 Å². The number of rotatable bonds is 1. The van der Waals surface area contributed by atoms with Gasteiger partial charge in [0.15, 0.2) is 0 Å². The second-order valence-corrected chi connectivity index (χ2v) is 4.01. The summed E-state index contributed by atoms with van der Waals surface area (Å²) in [5.41, 5.74) is 5.85. The first kappa shape index (κ1) is 13.2. The Kier molecular flexibility index (Phi) is 5.09. The molecule has 0 atom stereocenters. The summed E-state index contributed by atoms with van der Waals surface area (Å²) in [6.45, 7) is 3.12. The molecule has 0 heterocycles. The van der Waals surface area contributed by atoms with Crippen LogP contribution < -0.4 is 10.9 Å². The summed E-state index contributed by atoms with van der Waals surface area (Å²) >= 11 is 0. The summed E-state index contributed by atoms with van der Waals surface area (Å²) in [6.07, 6.45) is 1.18. The van der Waals surface area contributed by atoms with Crippen molar-refractivity contribution in [3.8, 4) is 6.07 Å². The average molecular weight is 225 g/mol. The molecule has 6 heteroatoms. The molecule has 0 bridgehead atoms. The zero-order valence-corrected chi connectivity index (χ0v) is 8.74. The quantitative estimate of drug-likeness (QED) is 0.539. The average Bonchev–Trinajstić information content (AvgIpc) is 2.17. The maximum absolute atomic E-state index is 10.7. The summed E-state index contributed by atoms with van der Waals surface area (Å²) < 4.78 is 21.4. The van der Waals surface area contributed by atoms with Crippen LogP contribution in [-0.4, -0.2) is 8.42 Å². The van der Waals surface area contributed by atoms with Crippen molar-refractivity contribution in [2.45, 2.75) is 4.90 Å². The molecule has 0 unspecified atom stereocenters. The molecule has 0 amide bonds. The number of nitrogens with zero attached hydrogens (tertiary/aromatic N) is 1. The van der Waals surface area contributed by atoms with Gasteiger partial charge in [-0.3, -0.25) is 0 Å². The van der Waals surface area contributed by atoms with Crippen LogP contribution >= 0.6 is 0 Å². The largest absolute Gasteiger partial charge is 0.399 e. The highest BCUT2D eigenvalue weighted by Crippen LogP contribution is 2.08. The van der Waals surface area contributed by atoms with Crippen LogP contribution in [0.4, 0.5) is 5.69 Å². The van der Waals surface area contributed by atoms with Gasteiger partial charge in [0.05, 0.1) is 11.0 Å². The van der Waals surface area contributed by atoms with Gasteiger partial charge in [-0.05, 0) is 24.3 Å². The molecule has 5 nitrogen and oxygen atoms in total. The SMILES string of the molecule is C=CC#N.Nc1ccc(S(N)(=O)=O)cc1. The lowest BCUT2D eigenvalue weighted by Gasteiger charge is -1.96. The third-order valence-electron chi connectivity index (χ3n) is 1.30. The predicted molar refractivity (Wildman–Crippen MR) is 58.0 cm³/mol. The first-order valence-corrected chi connectivity index (χ1v) is 5.35. The molecule has 0 saturated carbocycles. The van der Waals surface area contributed by atoms with E-state index in [1.54, 1.807) is 6.07 Å². The third-order valence-corrected chi connectivity index (χ3v) is 2.23. The Labute approximate surface area is 88.7 Å². The van der Waals surface area contributed by atoms with E-state index in [0.29, 0.717) is 5.69 Å². The van der Waals surface area contributed by atoms with Crippen LogP contribution in [0.5, 0.6) is 0 Å². The lowest BCUT2D eigenvalue weighted by Crippen LogP contribution is -2.11. The molecular weight excluding hydrogens is 214 g/mol. The minimum absolute atomic E-state index is 0.0756. The highest BCUT2D eigenvalue weighted by Gasteiger charge is 2.04. The molecule has 0 saturated heterocycles. The van der Waals surface area contributed by atoms with Gasteiger partial charge in [-0.15, -0.1) is 0 Å². The van der Waals surface area contributed by atoms with E-state index in [1.807, 2.05) is 0 Å². The summed E-state index contributed by atoms with van der Waals surface area (Å²) in [5.74, 6) is 0. The van der Waals surface area contributed by atoms with Crippen molar-refractivity contribution in [2.75, 3.05) is 5.73 Å². The fourth-order valence-corrected chi connectivity index (χ4v) is 1.17. The van der Waals surface area contributed by atoms with Gasteiger partial charge in [-0.25, -0.2) is 13.6 Å². The first-order chi connectivity index (χ1) is 6.91. The topological polar surface area (TPSA) is 110 Å². The molecule has 1 aromatic rings. The number of sulfonamides is 1. The molecule has 4 N–H and O–H groups in total. The summed E-state index contributed by atoms with van der Waals surface area (Å²) in [7, 11) is -3.58. The number of hydrogen-bond acceptors (Lipinski definition) is 4. The Morgan fingerprint density at radius 3 is 2.00 bits per heavy atom. The Morgan fingerprint density at radius 1 is 1.33 bits per heavy atom. The van der Waals surface area contributed by atoms with E-state index in [-0.39, 0.29) is 4.90 Å². The van der Waals surface area contributed by atoms with Gasteiger partial charge in [0, 0.05) is 11.8 Å². The van der Waals surface area contributed by atoms with Crippen molar-refractivity contribution in [3.63, 3.8) is 0 Å². The van der Waals surface area contributed by atoms with Gasteiger partial charge < -0.3 is 5.73 Å². The Morgan fingerprint density at radius 2 is 1.73 bits per heavy atom.